The average Bonchev–Trinajstić information content (AvgIpc) is 2.52. The van der Waals surface area contributed by atoms with Crippen molar-refractivity contribution >= 4 is 20.8 Å². The zero-order valence-electron chi connectivity index (χ0n) is 16.4. The highest BCUT2D eigenvalue weighted by molar-refractivity contribution is 7.17. The van der Waals surface area contributed by atoms with E-state index in [1.165, 1.54) is 0 Å². The van der Waals surface area contributed by atoms with Crippen LogP contribution in [-0.2, 0) is 9.59 Å². The molecule has 0 bridgehead atoms. The number of aliphatic hydroxyl groups is 1. The molecule has 0 heterocycles. The highest BCUT2D eigenvalue weighted by Gasteiger charge is 2.48. The summed E-state index contributed by atoms with van der Waals surface area (Å²) in [6, 6.07) is 0. The van der Waals surface area contributed by atoms with Gasteiger partial charge in [0, 0.05) is 18.6 Å². The normalized spacial score (nSPS) is 13.8. The molecule has 1 atom stereocenters. The van der Waals surface area contributed by atoms with E-state index < -0.39 is 11.4 Å². The first-order valence-corrected chi connectivity index (χ1v) is 10.0. The van der Waals surface area contributed by atoms with Crippen LogP contribution in [0.5, 0.6) is 0 Å². The molecule has 0 amide bonds. The van der Waals surface area contributed by atoms with Crippen molar-refractivity contribution in [1.29, 1.82) is 0 Å². The summed E-state index contributed by atoms with van der Waals surface area (Å²) in [5.74, 6) is -1.32. The number of nitrogens with zero attached hydrogens (tertiary/aromatic N) is 1. The first-order chi connectivity index (χ1) is 11.1. The van der Waals surface area contributed by atoms with Crippen molar-refractivity contribution < 1.29 is 19.2 Å². The molecule has 142 valence electrons. The van der Waals surface area contributed by atoms with Crippen LogP contribution in [0.15, 0.2) is 0 Å². The summed E-state index contributed by atoms with van der Waals surface area (Å²) in [4.78, 5) is 25.5. The number of hydrogen-bond acceptors (Lipinski definition) is 3. The van der Waals surface area contributed by atoms with Gasteiger partial charge in [-0.05, 0) is 12.8 Å². The summed E-state index contributed by atoms with van der Waals surface area (Å²) in [6.45, 7) is 4.23. The Balaban J connectivity index is 5.07. The second-order valence-electron chi connectivity index (χ2n) is 7.75. The maximum absolute atomic E-state index is 12.7. The predicted octanol–water partition coefficient (Wildman–Crippen LogP) is 3.97. The summed E-state index contributed by atoms with van der Waals surface area (Å²) in [7, 11) is 9.13. The van der Waals surface area contributed by atoms with Crippen LogP contribution >= 0.6 is 9.24 Å². The molecule has 0 spiro atoms. The molecule has 0 fully saturated rings. The minimum atomic E-state index is -1.94. The van der Waals surface area contributed by atoms with Gasteiger partial charge in [0.05, 0.1) is 21.1 Å². The zero-order valence-corrected chi connectivity index (χ0v) is 17.4. The van der Waals surface area contributed by atoms with Crippen LogP contribution < -0.4 is 0 Å². The summed E-state index contributed by atoms with van der Waals surface area (Å²) in [5, 5.41) is 11.1. The second kappa shape index (κ2) is 11.3. The Hall–Kier alpha value is -0.310. The molecule has 0 rings (SSSR count). The molecule has 0 aromatic rings. The fraction of sp³-hybridized carbons (Fsp3) is 0.895. The highest BCUT2D eigenvalue weighted by atomic mass is 31.0. The van der Waals surface area contributed by atoms with Crippen molar-refractivity contribution in [3.8, 4) is 0 Å². The number of ketones is 2. The highest BCUT2D eigenvalue weighted by Crippen LogP contribution is 2.30. The number of carbonyl (C=O) groups excluding carboxylic acids is 2. The Kier molecular flexibility index (Phi) is 11.2. The van der Waals surface area contributed by atoms with Crippen LogP contribution in [0.1, 0.15) is 78.1 Å². The third-order valence-electron chi connectivity index (χ3n) is 4.54. The molecule has 0 saturated carbocycles. The number of hydrogen-bond donors (Lipinski definition) is 1. The molecule has 24 heavy (non-hydrogen) atoms. The lowest BCUT2D eigenvalue weighted by atomic mass is 9.85. The van der Waals surface area contributed by atoms with Gasteiger partial charge in [0.15, 0.2) is 11.6 Å². The van der Waals surface area contributed by atoms with Gasteiger partial charge >= 0.3 is 0 Å². The van der Waals surface area contributed by atoms with Gasteiger partial charge in [0.25, 0.3) is 0 Å². The fourth-order valence-electron chi connectivity index (χ4n) is 2.83. The quantitative estimate of drug-likeness (QED) is 0.221. The zero-order chi connectivity index (χ0) is 18.8. The van der Waals surface area contributed by atoms with Crippen LogP contribution in [0.25, 0.3) is 0 Å². The van der Waals surface area contributed by atoms with E-state index in [9.17, 15) is 14.7 Å². The Morgan fingerprint density at radius 1 is 0.875 bits per heavy atom. The van der Waals surface area contributed by atoms with Crippen LogP contribution in [0, 0.1) is 0 Å². The summed E-state index contributed by atoms with van der Waals surface area (Å²) >= 11 is 0. The van der Waals surface area contributed by atoms with Gasteiger partial charge in [-0.3, -0.25) is 9.59 Å². The van der Waals surface area contributed by atoms with Gasteiger partial charge in [-0.1, -0.05) is 52.4 Å². The fourth-order valence-corrected chi connectivity index (χ4v) is 3.15. The molecule has 0 saturated heterocycles. The van der Waals surface area contributed by atoms with Crippen molar-refractivity contribution in [3.63, 3.8) is 0 Å². The Labute approximate surface area is 151 Å². The van der Waals surface area contributed by atoms with Gasteiger partial charge < -0.3 is 18.8 Å². The van der Waals surface area contributed by atoms with Crippen molar-refractivity contribution in [2.75, 3.05) is 21.1 Å². The van der Waals surface area contributed by atoms with Crippen LogP contribution in [0.3, 0.4) is 0 Å². The van der Waals surface area contributed by atoms with Gasteiger partial charge in [-0.25, -0.2) is 0 Å². The second-order valence-corrected chi connectivity index (χ2v) is 8.30. The Morgan fingerprint density at radius 2 is 1.25 bits per heavy atom. The predicted molar refractivity (Wildman–Crippen MR) is 103 cm³/mol. The minimum absolute atomic E-state index is 0.262. The molecule has 0 aliphatic rings. The summed E-state index contributed by atoms with van der Waals surface area (Å²) in [5.41, 5.74) is -1.94. The van der Waals surface area contributed by atoms with E-state index in [1.807, 2.05) is 21.1 Å². The SMILES string of the molecule is CCCCCCC(=O)C(O)(C(=O)CCCCCC)C([PH-])[N+](C)(C)C. The van der Waals surface area contributed by atoms with E-state index in [-0.39, 0.29) is 24.4 Å². The van der Waals surface area contributed by atoms with E-state index in [2.05, 4.69) is 23.1 Å². The van der Waals surface area contributed by atoms with Crippen molar-refractivity contribution in [2.24, 2.45) is 0 Å². The number of rotatable bonds is 14. The molecule has 0 aliphatic carbocycles. The topological polar surface area (TPSA) is 54.4 Å². The Morgan fingerprint density at radius 3 is 1.54 bits per heavy atom. The van der Waals surface area contributed by atoms with Crippen molar-refractivity contribution in [3.05, 3.63) is 0 Å². The number of likely N-dealkylation sites (N-methyl/N-ethyl adjacent to an activating group) is 1. The van der Waals surface area contributed by atoms with Crippen molar-refractivity contribution in [1.82, 2.24) is 0 Å². The van der Waals surface area contributed by atoms with E-state index in [1.54, 1.807) is 0 Å². The number of unbranched alkanes of at least 4 members (excludes halogenated alkanes) is 6. The molecule has 0 aromatic carbocycles. The smallest absolute Gasteiger partial charge is 0.204 e. The van der Waals surface area contributed by atoms with Gasteiger partial charge in [-0.15, -0.1) is 0 Å². The minimum Gasteiger partial charge on any atom is -0.488 e. The number of Topliss-reactive ketones (excluding diaryl/α,β-unsaturated/α-hetero) is 2. The third kappa shape index (κ3) is 7.29. The van der Waals surface area contributed by atoms with Crippen LogP contribution in [-0.4, -0.2) is 53.7 Å². The number of quaternary nitrogens is 1. The van der Waals surface area contributed by atoms with Crippen LogP contribution in [0.2, 0.25) is 0 Å². The van der Waals surface area contributed by atoms with E-state index in [4.69, 9.17) is 0 Å². The van der Waals surface area contributed by atoms with Crippen molar-refractivity contribution in [2.45, 2.75) is 89.4 Å². The molecule has 4 nitrogen and oxygen atoms in total. The molecular formula is C19H38NO3P. The molecule has 1 N–H and O–H groups in total. The van der Waals surface area contributed by atoms with Gasteiger partial charge in [-0.2, -0.15) is 0 Å². The van der Waals surface area contributed by atoms with Gasteiger partial charge in [0.2, 0.25) is 5.60 Å². The van der Waals surface area contributed by atoms with E-state index >= 15 is 0 Å². The molecular weight excluding hydrogens is 321 g/mol. The standard InChI is InChI=1S/C19H38NO3P/c1-6-8-10-12-14-16(21)19(23,18(24)20(3,4)5)17(22)15-13-11-9-7-2/h18,23-24H,6-15H2,1-5H3. The van der Waals surface area contributed by atoms with E-state index in [0.29, 0.717) is 4.48 Å². The lowest BCUT2D eigenvalue weighted by molar-refractivity contribution is -0.885. The lowest BCUT2D eigenvalue weighted by Gasteiger charge is -2.46. The van der Waals surface area contributed by atoms with Crippen LogP contribution in [0.4, 0.5) is 0 Å². The van der Waals surface area contributed by atoms with Gasteiger partial charge in [0.1, 0.15) is 0 Å². The molecule has 0 radical (unpaired) electrons. The third-order valence-corrected chi connectivity index (χ3v) is 5.73. The summed E-state index contributed by atoms with van der Waals surface area (Å²) < 4.78 is 0.300. The number of carbonyl (C=O) groups is 2. The largest absolute Gasteiger partial charge is 0.488 e. The molecule has 0 aromatic heterocycles. The Bertz CT molecular complexity index is 367. The summed E-state index contributed by atoms with van der Waals surface area (Å²) in [6.07, 6.45) is 8.23. The van der Waals surface area contributed by atoms with E-state index in [0.717, 1.165) is 51.4 Å². The molecule has 1 unspecified atom stereocenters. The molecule has 0 aliphatic heterocycles. The first-order valence-electron chi connectivity index (χ1n) is 9.43. The first kappa shape index (κ1) is 23.7. The maximum Gasteiger partial charge on any atom is 0.204 e. The maximum atomic E-state index is 12.7. The average molecular weight is 359 g/mol. The monoisotopic (exact) mass is 359 g/mol. The lowest BCUT2D eigenvalue weighted by Crippen LogP contribution is -2.63. The molecule has 5 heteroatoms.